The second-order valence-electron chi connectivity index (χ2n) is 6.72. The number of amides is 1. The number of nitrogens with zero attached hydrogens (tertiary/aromatic N) is 1. The van der Waals surface area contributed by atoms with E-state index in [0.29, 0.717) is 12.5 Å². The maximum absolute atomic E-state index is 11.7. The van der Waals surface area contributed by atoms with Crippen LogP contribution in [-0.4, -0.2) is 10.9 Å². The largest absolute Gasteiger partial charge is 0.326 e. The van der Waals surface area contributed by atoms with E-state index in [1.807, 2.05) is 6.92 Å². The lowest BCUT2D eigenvalue weighted by Gasteiger charge is -2.21. The summed E-state index contributed by atoms with van der Waals surface area (Å²) in [7, 11) is 0. The minimum absolute atomic E-state index is 0.104. The minimum Gasteiger partial charge on any atom is -0.326 e. The van der Waals surface area contributed by atoms with Crippen LogP contribution in [0.1, 0.15) is 43.3 Å². The Bertz CT molecular complexity index is 734. The second-order valence-corrected chi connectivity index (χ2v) is 6.72. The van der Waals surface area contributed by atoms with E-state index < -0.39 is 0 Å². The maximum Gasteiger partial charge on any atom is 0.221 e. The third kappa shape index (κ3) is 4.01. The normalized spacial score (nSPS) is 11.0. The molecule has 24 heavy (non-hydrogen) atoms. The summed E-state index contributed by atoms with van der Waals surface area (Å²) in [5.74, 6) is 0.382. The van der Waals surface area contributed by atoms with Crippen LogP contribution in [0.25, 0.3) is 11.1 Å². The molecule has 0 aliphatic rings. The zero-order valence-electron chi connectivity index (χ0n) is 15.2. The first-order valence-corrected chi connectivity index (χ1v) is 8.40. The molecule has 4 nitrogen and oxygen atoms in total. The number of hydrogen-bond donors (Lipinski definition) is 2. The van der Waals surface area contributed by atoms with E-state index in [1.165, 1.54) is 12.5 Å². The molecule has 0 bridgehead atoms. The average molecular weight is 325 g/mol. The second kappa shape index (κ2) is 7.58. The Morgan fingerprint density at radius 1 is 1.21 bits per heavy atom. The molecule has 1 aromatic heterocycles. The summed E-state index contributed by atoms with van der Waals surface area (Å²) >= 11 is 0. The fourth-order valence-electron chi connectivity index (χ4n) is 2.95. The molecule has 0 radical (unpaired) electrons. The Morgan fingerprint density at radius 2 is 1.83 bits per heavy atom. The zero-order chi connectivity index (χ0) is 17.9. The van der Waals surface area contributed by atoms with Crippen molar-refractivity contribution in [3.05, 3.63) is 46.8 Å². The predicted molar refractivity (Wildman–Crippen MR) is 99.9 cm³/mol. The van der Waals surface area contributed by atoms with Gasteiger partial charge in [0.05, 0.1) is 11.4 Å². The number of nitrogens with one attached hydrogen (secondary N) is 1. The number of rotatable bonds is 5. The number of aryl methyl sites for hydroxylation is 2. The number of nitrogens with two attached hydrogens (primary N) is 1. The fraction of sp³-hybridized carbons (Fsp3) is 0.400. The van der Waals surface area contributed by atoms with Crippen LogP contribution in [0.3, 0.4) is 0 Å². The van der Waals surface area contributed by atoms with Gasteiger partial charge in [-0.15, -0.1) is 0 Å². The van der Waals surface area contributed by atoms with Gasteiger partial charge in [-0.3, -0.25) is 9.78 Å². The molecule has 0 saturated heterocycles. The van der Waals surface area contributed by atoms with Gasteiger partial charge in [0.25, 0.3) is 0 Å². The van der Waals surface area contributed by atoms with Crippen LogP contribution in [0, 0.1) is 19.8 Å². The number of carbonyl (C=O) groups is 1. The molecule has 1 heterocycles. The van der Waals surface area contributed by atoms with Crippen molar-refractivity contribution in [3.63, 3.8) is 0 Å². The Labute approximate surface area is 144 Å². The quantitative estimate of drug-likeness (QED) is 0.873. The Kier molecular flexibility index (Phi) is 5.73. The molecule has 0 aliphatic heterocycles. The topological polar surface area (TPSA) is 68.0 Å². The lowest BCUT2D eigenvalue weighted by atomic mass is 9.92. The highest BCUT2D eigenvalue weighted by molar-refractivity contribution is 5.96. The van der Waals surface area contributed by atoms with E-state index in [0.717, 1.165) is 40.2 Å². The van der Waals surface area contributed by atoms with Gasteiger partial charge in [-0.1, -0.05) is 43.7 Å². The van der Waals surface area contributed by atoms with Gasteiger partial charge in [0, 0.05) is 24.7 Å². The van der Waals surface area contributed by atoms with E-state index in [4.69, 9.17) is 10.7 Å². The van der Waals surface area contributed by atoms with E-state index in [2.05, 4.69) is 50.4 Å². The van der Waals surface area contributed by atoms with Crippen LogP contribution in [0.4, 0.5) is 5.69 Å². The fourth-order valence-corrected chi connectivity index (χ4v) is 2.95. The van der Waals surface area contributed by atoms with Gasteiger partial charge in [0.15, 0.2) is 0 Å². The lowest BCUT2D eigenvalue weighted by molar-refractivity contribution is -0.114. The van der Waals surface area contributed by atoms with E-state index in [1.54, 1.807) is 0 Å². The van der Waals surface area contributed by atoms with Crippen molar-refractivity contribution in [1.82, 2.24) is 4.98 Å². The molecule has 0 fully saturated rings. The van der Waals surface area contributed by atoms with Crippen molar-refractivity contribution < 1.29 is 4.79 Å². The molecule has 0 atom stereocenters. The molecular formula is C20H27N3O. The third-order valence-electron chi connectivity index (χ3n) is 4.01. The molecule has 3 N–H and O–H groups in total. The van der Waals surface area contributed by atoms with Crippen LogP contribution < -0.4 is 11.1 Å². The van der Waals surface area contributed by atoms with Crippen molar-refractivity contribution in [2.45, 2.75) is 47.6 Å². The highest BCUT2D eigenvalue weighted by Gasteiger charge is 2.19. The average Bonchev–Trinajstić information content (AvgIpc) is 2.49. The monoisotopic (exact) mass is 325 g/mol. The molecule has 2 rings (SSSR count). The van der Waals surface area contributed by atoms with E-state index >= 15 is 0 Å². The van der Waals surface area contributed by atoms with Gasteiger partial charge < -0.3 is 11.1 Å². The Balaban J connectivity index is 2.75. The Morgan fingerprint density at radius 3 is 2.33 bits per heavy atom. The molecule has 2 aromatic rings. The summed E-state index contributed by atoms with van der Waals surface area (Å²) in [6.07, 6.45) is 0.868. The van der Waals surface area contributed by atoms with Gasteiger partial charge in [0.2, 0.25) is 5.91 Å². The molecule has 1 amide bonds. The van der Waals surface area contributed by atoms with Gasteiger partial charge in [-0.05, 0) is 37.3 Å². The molecule has 128 valence electrons. The first-order valence-electron chi connectivity index (χ1n) is 8.40. The van der Waals surface area contributed by atoms with Gasteiger partial charge in [-0.25, -0.2) is 0 Å². The first kappa shape index (κ1) is 18.1. The van der Waals surface area contributed by atoms with Gasteiger partial charge in [-0.2, -0.15) is 0 Å². The van der Waals surface area contributed by atoms with Crippen molar-refractivity contribution in [3.8, 4) is 11.1 Å². The van der Waals surface area contributed by atoms with Crippen LogP contribution >= 0.6 is 0 Å². The van der Waals surface area contributed by atoms with E-state index in [9.17, 15) is 4.79 Å². The van der Waals surface area contributed by atoms with E-state index in [-0.39, 0.29) is 5.91 Å². The van der Waals surface area contributed by atoms with Gasteiger partial charge in [0.1, 0.15) is 0 Å². The van der Waals surface area contributed by atoms with Crippen molar-refractivity contribution in [2.75, 3.05) is 5.32 Å². The molecule has 0 saturated carbocycles. The summed E-state index contributed by atoms with van der Waals surface area (Å²) < 4.78 is 0. The standard InChI is InChI=1S/C20H27N3O/c1-12(2)10-18-17(11-21)19(16-8-6-13(3)7-9-16)20(14(4)22-18)23-15(5)24/h6-9,12H,10-11,21H2,1-5H3,(H,23,24). The first-order chi connectivity index (χ1) is 11.3. The summed E-state index contributed by atoms with van der Waals surface area (Å²) in [6.45, 7) is 10.3. The van der Waals surface area contributed by atoms with Crippen molar-refractivity contribution in [1.29, 1.82) is 0 Å². The lowest BCUT2D eigenvalue weighted by Crippen LogP contribution is -2.16. The number of aromatic nitrogens is 1. The number of hydrogen-bond acceptors (Lipinski definition) is 3. The molecule has 0 unspecified atom stereocenters. The number of carbonyl (C=O) groups excluding carboxylic acids is 1. The summed E-state index contributed by atoms with van der Waals surface area (Å²) in [6, 6.07) is 8.30. The third-order valence-corrected chi connectivity index (χ3v) is 4.01. The SMILES string of the molecule is CC(=O)Nc1c(C)nc(CC(C)C)c(CN)c1-c1ccc(C)cc1. The van der Waals surface area contributed by atoms with Crippen LogP contribution in [0.5, 0.6) is 0 Å². The molecular weight excluding hydrogens is 298 g/mol. The van der Waals surface area contributed by atoms with Crippen LogP contribution in [-0.2, 0) is 17.8 Å². The molecule has 0 aliphatic carbocycles. The summed E-state index contributed by atoms with van der Waals surface area (Å²) in [5.41, 5.74) is 13.0. The minimum atomic E-state index is -0.104. The molecule has 0 spiro atoms. The highest BCUT2D eigenvalue weighted by Crippen LogP contribution is 2.36. The Hall–Kier alpha value is -2.20. The molecule has 1 aromatic carbocycles. The summed E-state index contributed by atoms with van der Waals surface area (Å²) in [5, 5.41) is 2.95. The predicted octanol–water partition coefficient (Wildman–Crippen LogP) is 3.98. The zero-order valence-corrected chi connectivity index (χ0v) is 15.2. The smallest absolute Gasteiger partial charge is 0.221 e. The number of benzene rings is 1. The maximum atomic E-state index is 11.7. The van der Waals surface area contributed by atoms with Crippen LogP contribution in [0.2, 0.25) is 0 Å². The van der Waals surface area contributed by atoms with Crippen molar-refractivity contribution in [2.24, 2.45) is 11.7 Å². The van der Waals surface area contributed by atoms with Crippen molar-refractivity contribution >= 4 is 11.6 Å². The molecule has 4 heteroatoms. The highest BCUT2D eigenvalue weighted by atomic mass is 16.1. The summed E-state index contributed by atoms with van der Waals surface area (Å²) in [4.78, 5) is 16.4. The number of anilines is 1. The number of pyridine rings is 1. The van der Waals surface area contributed by atoms with Crippen LogP contribution in [0.15, 0.2) is 24.3 Å². The van der Waals surface area contributed by atoms with Gasteiger partial charge >= 0.3 is 0 Å².